The van der Waals surface area contributed by atoms with Gasteiger partial charge in [0.25, 0.3) is 6.47 Å². The number of hydrogen-bond donors (Lipinski definition) is 1. The normalized spacial score (nSPS) is 11.3. The molecule has 23 heavy (non-hydrogen) atoms. The Hall–Kier alpha value is -2.34. The van der Waals surface area contributed by atoms with Crippen LogP contribution in [0.25, 0.3) is 0 Å². The number of rotatable bonds is 9. The van der Waals surface area contributed by atoms with Crippen molar-refractivity contribution in [2.45, 2.75) is 12.7 Å². The first kappa shape index (κ1) is 17.0. The minimum Gasteiger partial charge on any atom is -0.487 e. The molecule has 6 heteroatoms. The first-order valence-corrected chi connectivity index (χ1v) is 8.06. The van der Waals surface area contributed by atoms with E-state index >= 15 is 0 Å². The Morgan fingerprint density at radius 3 is 2.57 bits per heavy atom. The lowest BCUT2D eigenvalue weighted by Crippen LogP contribution is -2.07. The van der Waals surface area contributed by atoms with Crippen molar-refractivity contribution >= 4 is 34.5 Å². The number of amides is 1. The van der Waals surface area contributed by atoms with Crippen molar-refractivity contribution in [3.8, 4) is 5.75 Å². The fourth-order valence-electron chi connectivity index (χ4n) is 2.06. The zero-order chi connectivity index (χ0) is 16.5. The second-order valence-corrected chi connectivity index (χ2v) is 5.31. The van der Waals surface area contributed by atoms with Crippen molar-refractivity contribution in [2.75, 3.05) is 10.6 Å². The fraction of sp³-hybridized carbons (Fsp3) is 0.176. The van der Waals surface area contributed by atoms with E-state index in [0.717, 1.165) is 11.1 Å². The number of hydrogen-bond acceptors (Lipinski definition) is 4. The zero-order valence-corrected chi connectivity index (χ0v) is 13.9. The molecule has 2 aromatic carbocycles. The van der Waals surface area contributed by atoms with E-state index in [0.29, 0.717) is 36.3 Å². The van der Waals surface area contributed by atoms with Crippen LogP contribution in [-0.2, 0) is 20.9 Å². The molecule has 0 saturated heterocycles. The molecule has 0 spiro atoms. The number of carbonyl (C=O) groups excluding carboxylic acids is 2. The molecule has 0 aliphatic heterocycles. The van der Waals surface area contributed by atoms with E-state index in [9.17, 15) is 9.59 Å². The lowest BCUT2D eigenvalue weighted by atomic mass is 10.1. The summed E-state index contributed by atoms with van der Waals surface area (Å²) in [6, 6.07) is 15.0. The largest absolute Gasteiger partial charge is 0.487 e. The van der Waals surface area contributed by atoms with Crippen LogP contribution in [0.1, 0.15) is 17.2 Å². The van der Waals surface area contributed by atoms with Crippen molar-refractivity contribution in [1.29, 1.82) is 0 Å². The Bertz CT molecular complexity index is 648. The van der Waals surface area contributed by atoms with Crippen molar-refractivity contribution in [3.05, 3.63) is 59.7 Å². The predicted octanol–water partition coefficient (Wildman–Crippen LogP) is 3.44. The van der Waals surface area contributed by atoms with Gasteiger partial charge in [-0.15, -0.1) is 0 Å². The monoisotopic (exact) mass is 377 g/mol. The molecule has 2 rings (SSSR count). The van der Waals surface area contributed by atoms with E-state index in [4.69, 9.17) is 9.47 Å². The second kappa shape index (κ2) is 8.95. The molecule has 0 radical (unpaired) electrons. The van der Waals surface area contributed by atoms with Gasteiger partial charge in [0.05, 0.1) is 5.69 Å². The molecule has 0 fully saturated rings. The summed E-state index contributed by atoms with van der Waals surface area (Å²) >= 11 is 3.29. The molecule has 0 saturated carbocycles. The molecule has 0 bridgehead atoms. The third-order valence-electron chi connectivity index (χ3n) is 3.19. The van der Waals surface area contributed by atoms with Gasteiger partial charge in [-0.1, -0.05) is 52.3 Å². The Kier molecular flexibility index (Phi) is 6.62. The van der Waals surface area contributed by atoms with Crippen LogP contribution < -0.4 is 10.1 Å². The van der Waals surface area contributed by atoms with Crippen LogP contribution in [0.3, 0.4) is 0 Å². The number of halogens is 1. The maximum absolute atomic E-state index is 10.8. The van der Waals surface area contributed by atoms with Gasteiger partial charge in [-0.3, -0.25) is 9.59 Å². The average Bonchev–Trinajstić information content (AvgIpc) is 2.60. The van der Waals surface area contributed by atoms with Gasteiger partial charge in [-0.2, -0.15) is 0 Å². The maximum Gasteiger partial charge on any atom is 0.293 e. The Balaban J connectivity index is 2.18. The van der Waals surface area contributed by atoms with Crippen LogP contribution in [-0.4, -0.2) is 18.2 Å². The minimum atomic E-state index is -0.428. The minimum absolute atomic E-state index is 0.389. The highest BCUT2D eigenvalue weighted by Crippen LogP contribution is 2.30. The molecule has 0 unspecified atom stereocenters. The van der Waals surface area contributed by atoms with Crippen LogP contribution in [0.2, 0.25) is 0 Å². The summed E-state index contributed by atoms with van der Waals surface area (Å²) in [5, 5.41) is 3.06. The number of benzene rings is 2. The summed E-state index contributed by atoms with van der Waals surface area (Å²) in [6.45, 7) is 0.791. The Labute approximate surface area is 142 Å². The number of anilines is 1. The molecule has 120 valence electrons. The van der Waals surface area contributed by atoms with Gasteiger partial charge < -0.3 is 14.8 Å². The van der Waals surface area contributed by atoms with E-state index < -0.39 is 6.10 Å². The molecule has 0 aliphatic rings. The van der Waals surface area contributed by atoms with Gasteiger partial charge in [0.15, 0.2) is 0 Å². The molecule has 5 nitrogen and oxygen atoms in total. The highest BCUT2D eigenvalue weighted by Gasteiger charge is 2.14. The van der Waals surface area contributed by atoms with Crippen LogP contribution in [0, 0.1) is 0 Å². The molecular weight excluding hydrogens is 362 g/mol. The smallest absolute Gasteiger partial charge is 0.293 e. The summed E-state index contributed by atoms with van der Waals surface area (Å²) in [5.41, 5.74) is 2.30. The second-order valence-electron chi connectivity index (χ2n) is 4.67. The quantitative estimate of drug-likeness (QED) is 0.536. The zero-order valence-electron chi connectivity index (χ0n) is 12.3. The van der Waals surface area contributed by atoms with Gasteiger partial charge in [-0.25, -0.2) is 0 Å². The number of carbonyl (C=O) groups is 2. The van der Waals surface area contributed by atoms with Gasteiger partial charge in [0.1, 0.15) is 18.5 Å². The Morgan fingerprint density at radius 1 is 1.13 bits per heavy atom. The van der Waals surface area contributed by atoms with Crippen molar-refractivity contribution in [2.24, 2.45) is 0 Å². The predicted molar refractivity (Wildman–Crippen MR) is 90.6 cm³/mol. The molecule has 0 heterocycles. The molecule has 0 aromatic heterocycles. The molecule has 2 aromatic rings. The van der Waals surface area contributed by atoms with Crippen LogP contribution >= 0.6 is 15.9 Å². The Morgan fingerprint density at radius 2 is 1.91 bits per heavy atom. The summed E-state index contributed by atoms with van der Waals surface area (Å²) in [5.74, 6) is 0.545. The number of nitrogens with one attached hydrogen (secondary N) is 1. The highest BCUT2D eigenvalue weighted by atomic mass is 79.9. The van der Waals surface area contributed by atoms with Gasteiger partial charge in [0.2, 0.25) is 6.41 Å². The van der Waals surface area contributed by atoms with Crippen molar-refractivity contribution in [3.63, 3.8) is 0 Å². The first-order chi connectivity index (χ1) is 11.3. The molecular formula is C17H16BrNO4. The fourth-order valence-corrected chi connectivity index (χ4v) is 2.58. The van der Waals surface area contributed by atoms with Gasteiger partial charge in [-0.05, 0) is 23.3 Å². The molecule has 1 N–H and O–H groups in total. The van der Waals surface area contributed by atoms with E-state index in [2.05, 4.69) is 21.2 Å². The first-order valence-electron chi connectivity index (χ1n) is 6.94. The standard InChI is InChI=1S/C17H16BrNO4/c18-9-17(23-12-21)14-6-7-16(15(8-14)19-11-20)22-10-13-4-2-1-3-5-13/h1-8,11-12,17H,9-10H2,(H,19,20)/t17-/m0/s1. The third kappa shape index (κ3) is 4.82. The van der Waals surface area contributed by atoms with Crippen molar-refractivity contribution < 1.29 is 19.1 Å². The third-order valence-corrected chi connectivity index (χ3v) is 3.78. The summed E-state index contributed by atoms with van der Waals surface area (Å²) in [4.78, 5) is 21.4. The topological polar surface area (TPSA) is 64.6 Å². The molecule has 0 aliphatic carbocycles. The summed E-state index contributed by atoms with van der Waals surface area (Å²) in [6.07, 6.45) is 0.154. The summed E-state index contributed by atoms with van der Waals surface area (Å²) < 4.78 is 10.8. The van der Waals surface area contributed by atoms with Crippen molar-refractivity contribution in [1.82, 2.24) is 0 Å². The van der Waals surface area contributed by atoms with Crippen LogP contribution in [0.15, 0.2) is 48.5 Å². The van der Waals surface area contributed by atoms with E-state index in [1.165, 1.54) is 0 Å². The van der Waals surface area contributed by atoms with E-state index in [1.807, 2.05) is 30.3 Å². The van der Waals surface area contributed by atoms with Gasteiger partial charge >= 0.3 is 0 Å². The number of alkyl halides is 1. The lowest BCUT2D eigenvalue weighted by molar-refractivity contribution is -0.132. The molecule has 1 amide bonds. The number of ether oxygens (including phenoxy) is 2. The molecule has 1 atom stereocenters. The van der Waals surface area contributed by atoms with Gasteiger partial charge in [0, 0.05) is 5.33 Å². The summed E-state index contributed by atoms with van der Waals surface area (Å²) in [7, 11) is 0. The SMILES string of the molecule is O=CNc1cc([C@H](CBr)OC=O)ccc1OCc1ccccc1. The highest BCUT2D eigenvalue weighted by molar-refractivity contribution is 9.09. The lowest BCUT2D eigenvalue weighted by Gasteiger charge is -2.16. The van der Waals surface area contributed by atoms with E-state index in [1.54, 1.807) is 18.2 Å². The van der Waals surface area contributed by atoms with E-state index in [-0.39, 0.29) is 0 Å². The maximum atomic E-state index is 10.8. The van der Waals surface area contributed by atoms with Crippen LogP contribution in [0.4, 0.5) is 5.69 Å². The van der Waals surface area contributed by atoms with Crippen LogP contribution in [0.5, 0.6) is 5.75 Å². The average molecular weight is 378 g/mol.